The van der Waals surface area contributed by atoms with Gasteiger partial charge in [0.15, 0.2) is 11.5 Å². The smallest absolute Gasteiger partial charge is 0.161 e. The third-order valence-electron chi connectivity index (χ3n) is 5.01. The van der Waals surface area contributed by atoms with Crippen LogP contribution in [0.2, 0.25) is 0 Å². The molecule has 2 aromatic carbocycles. The molecule has 26 heavy (non-hydrogen) atoms. The number of nitrogens with zero attached hydrogens (tertiary/aromatic N) is 1. The third kappa shape index (κ3) is 4.02. The van der Waals surface area contributed by atoms with E-state index >= 15 is 0 Å². The minimum atomic E-state index is 0.196. The molecule has 4 heteroatoms. The van der Waals surface area contributed by atoms with E-state index in [0.29, 0.717) is 6.61 Å². The molecule has 1 N–H and O–H groups in total. The third-order valence-corrected chi connectivity index (χ3v) is 5.01. The lowest BCUT2D eigenvalue weighted by atomic mass is 9.87. The Balaban J connectivity index is 1.96. The Morgan fingerprint density at radius 2 is 1.88 bits per heavy atom. The van der Waals surface area contributed by atoms with Crippen molar-refractivity contribution < 1.29 is 9.47 Å². The quantitative estimate of drug-likeness (QED) is 0.861. The predicted octanol–water partition coefficient (Wildman–Crippen LogP) is 3.49. The van der Waals surface area contributed by atoms with Crippen molar-refractivity contribution in [3.63, 3.8) is 0 Å². The maximum atomic E-state index is 6.04. The van der Waals surface area contributed by atoms with E-state index < -0.39 is 0 Å². The average molecular weight is 354 g/mol. The summed E-state index contributed by atoms with van der Waals surface area (Å²) >= 11 is 0. The van der Waals surface area contributed by atoms with Crippen LogP contribution in [0.5, 0.6) is 11.5 Å². The van der Waals surface area contributed by atoms with Gasteiger partial charge in [-0.3, -0.25) is 0 Å². The number of fused-ring (bicyclic) bond motifs is 1. The fourth-order valence-corrected chi connectivity index (χ4v) is 3.60. The van der Waals surface area contributed by atoms with Crippen LogP contribution in [-0.4, -0.2) is 45.8 Å². The van der Waals surface area contributed by atoms with E-state index in [0.717, 1.165) is 31.0 Å². The Hall–Kier alpha value is -2.04. The van der Waals surface area contributed by atoms with Gasteiger partial charge >= 0.3 is 0 Å². The molecule has 0 saturated carbocycles. The highest BCUT2D eigenvalue weighted by molar-refractivity contribution is 5.52. The monoisotopic (exact) mass is 354 g/mol. The molecule has 0 amide bonds. The topological polar surface area (TPSA) is 33.7 Å². The zero-order valence-electron chi connectivity index (χ0n) is 16.6. The summed E-state index contributed by atoms with van der Waals surface area (Å²) in [5.41, 5.74) is 6.58. The van der Waals surface area contributed by atoms with Crippen molar-refractivity contribution in [2.75, 3.05) is 40.9 Å². The van der Waals surface area contributed by atoms with Crippen LogP contribution in [0.25, 0.3) is 0 Å². The van der Waals surface area contributed by atoms with Gasteiger partial charge in [0.25, 0.3) is 0 Å². The first-order valence-corrected chi connectivity index (χ1v) is 9.28. The second-order valence-corrected chi connectivity index (χ2v) is 7.35. The van der Waals surface area contributed by atoms with Crippen molar-refractivity contribution in [2.24, 2.45) is 0 Å². The van der Waals surface area contributed by atoms with Gasteiger partial charge in [-0.05, 0) is 68.8 Å². The molecule has 3 rings (SSSR count). The van der Waals surface area contributed by atoms with Crippen LogP contribution < -0.4 is 14.8 Å². The number of rotatable bonds is 6. The standard InChI is InChI=1S/C22H30N2O2/c1-15-6-7-18(16(2)12-15)22-19-14-21(26-11-10-24(3)4)20(25-5)13-17(19)8-9-23-22/h6-7,12-14,22-23H,8-11H2,1-5H3. The van der Waals surface area contributed by atoms with Crippen molar-refractivity contribution in [3.05, 3.63) is 58.1 Å². The SMILES string of the molecule is COc1cc2c(cc1OCCN(C)C)C(c1ccc(C)cc1C)NCC2. The molecule has 0 spiro atoms. The van der Waals surface area contributed by atoms with Crippen molar-refractivity contribution in [1.29, 1.82) is 0 Å². The molecule has 140 valence electrons. The zero-order chi connectivity index (χ0) is 18.7. The van der Waals surface area contributed by atoms with Crippen LogP contribution in [0.4, 0.5) is 0 Å². The molecule has 0 saturated heterocycles. The summed E-state index contributed by atoms with van der Waals surface area (Å²) in [6.07, 6.45) is 1.01. The maximum absolute atomic E-state index is 6.04. The van der Waals surface area contributed by atoms with Crippen LogP contribution in [-0.2, 0) is 6.42 Å². The number of ether oxygens (including phenoxy) is 2. The molecule has 0 fully saturated rings. The molecular formula is C22H30N2O2. The van der Waals surface area contributed by atoms with Gasteiger partial charge in [-0.2, -0.15) is 0 Å². The number of likely N-dealkylation sites (N-methyl/N-ethyl adjacent to an activating group) is 1. The number of hydrogen-bond acceptors (Lipinski definition) is 4. The first-order chi connectivity index (χ1) is 12.5. The molecular weight excluding hydrogens is 324 g/mol. The summed E-state index contributed by atoms with van der Waals surface area (Å²) in [6, 6.07) is 11.2. The normalized spacial score (nSPS) is 16.5. The fraction of sp³-hybridized carbons (Fsp3) is 0.455. The Kier molecular flexibility index (Phi) is 5.84. The van der Waals surface area contributed by atoms with Gasteiger partial charge in [-0.25, -0.2) is 0 Å². The van der Waals surface area contributed by atoms with Crippen LogP contribution >= 0.6 is 0 Å². The highest BCUT2D eigenvalue weighted by atomic mass is 16.5. The molecule has 1 aliphatic heterocycles. The van der Waals surface area contributed by atoms with Crippen molar-refractivity contribution in [3.8, 4) is 11.5 Å². The van der Waals surface area contributed by atoms with Crippen LogP contribution in [0.1, 0.15) is 33.9 Å². The summed E-state index contributed by atoms with van der Waals surface area (Å²) in [5.74, 6) is 1.65. The van der Waals surface area contributed by atoms with Gasteiger partial charge in [0.05, 0.1) is 13.2 Å². The highest BCUT2D eigenvalue weighted by Crippen LogP contribution is 2.38. The number of hydrogen-bond donors (Lipinski definition) is 1. The van der Waals surface area contributed by atoms with Gasteiger partial charge in [0.2, 0.25) is 0 Å². The van der Waals surface area contributed by atoms with Crippen LogP contribution in [0.15, 0.2) is 30.3 Å². The Labute approximate surface area is 157 Å². The maximum Gasteiger partial charge on any atom is 0.161 e. The Morgan fingerprint density at radius 1 is 1.08 bits per heavy atom. The number of benzene rings is 2. The van der Waals surface area contributed by atoms with E-state index in [-0.39, 0.29) is 6.04 Å². The van der Waals surface area contributed by atoms with E-state index in [1.807, 2.05) is 14.1 Å². The van der Waals surface area contributed by atoms with Crippen molar-refractivity contribution in [1.82, 2.24) is 10.2 Å². The van der Waals surface area contributed by atoms with Gasteiger partial charge in [0, 0.05) is 13.1 Å². The molecule has 1 unspecified atom stereocenters. The van der Waals surface area contributed by atoms with Crippen molar-refractivity contribution in [2.45, 2.75) is 26.3 Å². The molecule has 0 bridgehead atoms. The molecule has 1 aliphatic rings. The van der Waals surface area contributed by atoms with Gasteiger partial charge in [-0.1, -0.05) is 23.8 Å². The molecule has 0 aromatic heterocycles. The second kappa shape index (κ2) is 8.11. The average Bonchev–Trinajstić information content (AvgIpc) is 2.60. The van der Waals surface area contributed by atoms with Gasteiger partial charge in [0.1, 0.15) is 6.61 Å². The molecule has 1 atom stereocenters. The lowest BCUT2D eigenvalue weighted by molar-refractivity contribution is 0.250. The first kappa shape index (κ1) is 18.7. The number of nitrogens with one attached hydrogen (secondary N) is 1. The summed E-state index contributed by atoms with van der Waals surface area (Å²) in [5, 5.41) is 3.69. The van der Waals surface area contributed by atoms with Crippen LogP contribution in [0.3, 0.4) is 0 Å². The van der Waals surface area contributed by atoms with Crippen LogP contribution in [0, 0.1) is 13.8 Å². The Bertz CT molecular complexity index is 771. The van der Waals surface area contributed by atoms with Gasteiger partial charge in [-0.15, -0.1) is 0 Å². The molecule has 0 radical (unpaired) electrons. The molecule has 4 nitrogen and oxygen atoms in total. The van der Waals surface area contributed by atoms with E-state index in [1.54, 1.807) is 7.11 Å². The zero-order valence-corrected chi connectivity index (χ0v) is 16.6. The summed E-state index contributed by atoms with van der Waals surface area (Å²) < 4.78 is 11.6. The molecule has 0 aliphatic carbocycles. The van der Waals surface area contributed by atoms with E-state index in [9.17, 15) is 0 Å². The van der Waals surface area contributed by atoms with Gasteiger partial charge < -0.3 is 19.7 Å². The number of methoxy groups -OCH3 is 1. The lowest BCUT2D eigenvalue weighted by Crippen LogP contribution is -2.31. The molecule has 2 aromatic rings. The minimum absolute atomic E-state index is 0.196. The number of aryl methyl sites for hydroxylation is 2. The van der Waals surface area contributed by atoms with E-state index in [2.05, 4.69) is 54.4 Å². The largest absolute Gasteiger partial charge is 0.493 e. The molecule has 1 heterocycles. The Morgan fingerprint density at radius 3 is 2.58 bits per heavy atom. The first-order valence-electron chi connectivity index (χ1n) is 9.28. The summed E-state index contributed by atoms with van der Waals surface area (Å²) in [7, 11) is 5.81. The van der Waals surface area contributed by atoms with E-state index in [4.69, 9.17) is 9.47 Å². The fourth-order valence-electron chi connectivity index (χ4n) is 3.60. The minimum Gasteiger partial charge on any atom is -0.493 e. The van der Waals surface area contributed by atoms with E-state index in [1.165, 1.54) is 27.8 Å². The lowest BCUT2D eigenvalue weighted by Gasteiger charge is -2.30. The highest BCUT2D eigenvalue weighted by Gasteiger charge is 2.25. The second-order valence-electron chi connectivity index (χ2n) is 7.35. The summed E-state index contributed by atoms with van der Waals surface area (Å²) in [6.45, 7) is 6.81. The predicted molar refractivity (Wildman–Crippen MR) is 107 cm³/mol. The van der Waals surface area contributed by atoms with Crippen molar-refractivity contribution >= 4 is 0 Å². The summed E-state index contributed by atoms with van der Waals surface area (Å²) in [4.78, 5) is 2.12.